The molecule has 0 bridgehead atoms. The molecule has 0 aliphatic heterocycles. The smallest absolute Gasteiger partial charge is 0.745 e. The van der Waals surface area contributed by atoms with Gasteiger partial charge in [0, 0.05) is 7.11 Å². The Labute approximate surface area is 125 Å². The van der Waals surface area contributed by atoms with E-state index in [2.05, 4.69) is 4.74 Å². The predicted octanol–water partition coefficient (Wildman–Crippen LogP) is -3.63. The zero-order valence-electron chi connectivity index (χ0n) is 7.88. The minimum absolute atomic E-state index is 0. The van der Waals surface area contributed by atoms with Crippen LogP contribution in [-0.4, -0.2) is 36.2 Å². The quantitative estimate of drug-likeness (QED) is 0.400. The number of methoxy groups -OCH3 is 1. The summed E-state index contributed by atoms with van der Waals surface area (Å²) in [6, 6.07) is 0. The Balaban J connectivity index is 0.00000169. The molecule has 2 unspecified atom stereocenters. The summed E-state index contributed by atoms with van der Waals surface area (Å²) >= 11 is 0. The van der Waals surface area contributed by atoms with Crippen LogP contribution in [0.15, 0.2) is 24.3 Å². The van der Waals surface area contributed by atoms with E-state index >= 15 is 0 Å². The van der Waals surface area contributed by atoms with E-state index in [0.29, 0.717) is 0 Å². The van der Waals surface area contributed by atoms with Gasteiger partial charge < -0.3 is 14.4 Å². The average Bonchev–Trinajstić information content (AvgIpc) is 2.03. The van der Waals surface area contributed by atoms with E-state index in [4.69, 9.17) is 0 Å². The van der Waals surface area contributed by atoms with E-state index in [1.165, 1.54) is 25.3 Å². The van der Waals surface area contributed by atoms with E-state index in [0.717, 1.165) is 6.08 Å². The molecule has 0 radical (unpaired) electrons. The van der Waals surface area contributed by atoms with E-state index < -0.39 is 21.2 Å². The van der Waals surface area contributed by atoms with Gasteiger partial charge in [-0.15, -0.1) is 0 Å². The third-order valence-corrected chi connectivity index (χ3v) is 2.96. The van der Waals surface area contributed by atoms with Crippen LogP contribution >= 0.6 is 0 Å². The van der Waals surface area contributed by atoms with Crippen LogP contribution < -0.4 is 51.4 Å². The van der Waals surface area contributed by atoms with Crippen molar-refractivity contribution in [2.24, 2.45) is 0 Å². The van der Waals surface area contributed by atoms with Gasteiger partial charge in [0.25, 0.3) is 0 Å². The monoisotopic (exact) mass is 244 g/mol. The van der Waals surface area contributed by atoms with Crippen LogP contribution in [0.1, 0.15) is 0 Å². The Morgan fingerprint density at radius 2 is 2.07 bits per heavy atom. The molecule has 0 heterocycles. The van der Waals surface area contributed by atoms with Crippen LogP contribution in [0, 0.1) is 0 Å². The van der Waals surface area contributed by atoms with Gasteiger partial charge in [-0.25, -0.2) is 8.42 Å². The van der Waals surface area contributed by atoms with Crippen LogP contribution in [0.5, 0.6) is 0 Å². The van der Waals surface area contributed by atoms with Crippen molar-refractivity contribution in [1.82, 2.24) is 0 Å². The molecule has 1 rings (SSSR count). The summed E-state index contributed by atoms with van der Waals surface area (Å²) in [6.45, 7) is 0. The second-order valence-corrected chi connectivity index (χ2v) is 4.17. The topological polar surface area (TPSA) is 86.7 Å². The second kappa shape index (κ2) is 5.33. The van der Waals surface area contributed by atoms with Gasteiger partial charge in [-0.05, 0) is 6.08 Å². The molecule has 1 N–H and O–H groups in total. The first-order valence-corrected chi connectivity index (χ1v) is 4.89. The van der Waals surface area contributed by atoms with E-state index in [1.807, 2.05) is 0 Å². The zero-order chi connectivity index (χ0) is 10.1. The minimum Gasteiger partial charge on any atom is -0.745 e. The maximum Gasteiger partial charge on any atom is 1.00 e. The molecule has 7 heteroatoms. The molecule has 0 saturated heterocycles. The molecule has 0 aromatic carbocycles. The zero-order valence-corrected chi connectivity index (χ0v) is 11.8. The van der Waals surface area contributed by atoms with Crippen LogP contribution in [0.25, 0.3) is 0 Å². The third-order valence-electron chi connectivity index (χ3n) is 1.79. The van der Waals surface area contributed by atoms with Crippen LogP contribution in [0.2, 0.25) is 0 Å². The van der Waals surface area contributed by atoms with Gasteiger partial charge >= 0.3 is 51.4 Å². The van der Waals surface area contributed by atoms with Crippen molar-refractivity contribution < 1.29 is 74.2 Å². The largest absolute Gasteiger partial charge is 1.00 e. The Hall–Kier alpha value is 0.946. The van der Waals surface area contributed by atoms with Gasteiger partial charge in [0.15, 0.2) is 0 Å². The van der Waals surface area contributed by atoms with Crippen molar-refractivity contribution in [3.05, 3.63) is 24.3 Å². The molecule has 74 valence electrons. The van der Waals surface area contributed by atoms with Crippen LogP contribution in [0.4, 0.5) is 0 Å². The Morgan fingerprint density at radius 1 is 1.50 bits per heavy atom. The molecule has 1 aliphatic rings. The van der Waals surface area contributed by atoms with Crippen molar-refractivity contribution in [3.8, 4) is 0 Å². The summed E-state index contributed by atoms with van der Waals surface area (Å²) in [6.07, 6.45) is 3.83. The molecule has 2 atom stereocenters. The third kappa shape index (κ3) is 2.74. The van der Waals surface area contributed by atoms with Crippen molar-refractivity contribution in [1.29, 1.82) is 0 Å². The van der Waals surface area contributed by atoms with Gasteiger partial charge in [0.2, 0.25) is 4.93 Å². The Bertz CT molecular complexity index is 347. The first kappa shape index (κ1) is 14.9. The van der Waals surface area contributed by atoms with Crippen LogP contribution in [0.3, 0.4) is 0 Å². The summed E-state index contributed by atoms with van der Waals surface area (Å²) in [7, 11) is -3.63. The molecule has 0 spiro atoms. The number of allylic oxidation sites excluding steroid dienone is 2. The average molecular weight is 244 g/mol. The van der Waals surface area contributed by atoms with Gasteiger partial charge in [0.05, 0.1) is 0 Å². The Morgan fingerprint density at radius 3 is 2.43 bits per heavy atom. The molecular weight excluding hydrogens is 235 g/mol. The molecule has 0 aromatic rings. The normalized spacial score (nSPS) is 31.2. The van der Waals surface area contributed by atoms with E-state index in [9.17, 15) is 18.1 Å². The molecule has 1 aliphatic carbocycles. The SMILES string of the molecule is COC1C=CC=CC1(O)S(=O)(=O)[O-].[K+]. The standard InChI is InChI=1S/C7H10O5S.K/c1-12-6-4-2-3-5-7(6,8)13(9,10)11;/h2-6,8H,1H3,(H,9,10,11);/q;+1/p-1. The Kier molecular flexibility index (Phi) is 5.69. The molecule has 0 amide bonds. The van der Waals surface area contributed by atoms with Crippen molar-refractivity contribution >= 4 is 10.1 Å². The maximum atomic E-state index is 10.7. The number of hydrogen-bond acceptors (Lipinski definition) is 5. The molecule has 5 nitrogen and oxygen atoms in total. The summed E-state index contributed by atoms with van der Waals surface area (Å²) in [4.78, 5) is -2.49. The van der Waals surface area contributed by atoms with Crippen LogP contribution in [-0.2, 0) is 14.9 Å². The fourth-order valence-corrected chi connectivity index (χ4v) is 1.77. The first-order chi connectivity index (χ1) is 5.92. The fourth-order valence-electron chi connectivity index (χ4n) is 1.06. The summed E-state index contributed by atoms with van der Waals surface area (Å²) in [5, 5.41) is 9.50. The predicted molar refractivity (Wildman–Crippen MR) is 43.7 cm³/mol. The second-order valence-electron chi connectivity index (χ2n) is 2.61. The number of aliphatic hydroxyl groups is 1. The van der Waals surface area contributed by atoms with Gasteiger partial charge in [-0.1, -0.05) is 18.2 Å². The van der Waals surface area contributed by atoms with Crippen molar-refractivity contribution in [2.75, 3.05) is 7.11 Å². The van der Waals surface area contributed by atoms with Gasteiger partial charge in [-0.2, -0.15) is 0 Å². The van der Waals surface area contributed by atoms with E-state index in [1.54, 1.807) is 0 Å². The molecule has 14 heavy (non-hydrogen) atoms. The maximum absolute atomic E-state index is 10.7. The number of ether oxygens (including phenoxy) is 1. The molecule has 0 aromatic heterocycles. The number of rotatable bonds is 2. The molecule has 0 fully saturated rings. The first-order valence-electron chi connectivity index (χ1n) is 3.48. The molecule has 0 saturated carbocycles. The van der Waals surface area contributed by atoms with Gasteiger partial charge in [0.1, 0.15) is 16.2 Å². The van der Waals surface area contributed by atoms with Crippen molar-refractivity contribution in [2.45, 2.75) is 11.0 Å². The molecular formula is C7H9KO5S. The summed E-state index contributed by atoms with van der Waals surface area (Å²) in [5.41, 5.74) is 0. The van der Waals surface area contributed by atoms with E-state index in [-0.39, 0.29) is 51.4 Å². The van der Waals surface area contributed by atoms with Gasteiger partial charge in [-0.3, -0.25) is 0 Å². The summed E-state index contributed by atoms with van der Waals surface area (Å²) in [5.74, 6) is 0. The fraction of sp³-hybridized carbons (Fsp3) is 0.429. The summed E-state index contributed by atoms with van der Waals surface area (Å²) < 4.78 is 36.8. The minimum atomic E-state index is -4.84. The number of hydrogen-bond donors (Lipinski definition) is 1. The van der Waals surface area contributed by atoms with Crippen molar-refractivity contribution in [3.63, 3.8) is 0 Å².